The molecule has 0 spiro atoms. The van der Waals surface area contributed by atoms with Crippen molar-refractivity contribution in [2.75, 3.05) is 6.61 Å². The number of fused-ring (bicyclic) bond motifs is 1. The summed E-state index contributed by atoms with van der Waals surface area (Å²) >= 11 is 7.27. The number of carbonyl (C=O) groups is 1. The molecule has 0 radical (unpaired) electrons. The van der Waals surface area contributed by atoms with Crippen molar-refractivity contribution in [3.05, 3.63) is 117 Å². The largest absolute Gasteiger partial charge is 0.463 e. The molecule has 11 heteroatoms. The van der Waals surface area contributed by atoms with E-state index in [1.165, 1.54) is 22.0 Å². The van der Waals surface area contributed by atoms with Crippen LogP contribution < -0.4 is 14.9 Å². The van der Waals surface area contributed by atoms with Gasteiger partial charge in [-0.1, -0.05) is 35.1 Å². The third-order valence-electron chi connectivity index (χ3n) is 6.72. The molecule has 0 bridgehead atoms. The van der Waals surface area contributed by atoms with E-state index in [9.17, 15) is 19.7 Å². The molecular formula is C29H24ClN3O6S. The summed E-state index contributed by atoms with van der Waals surface area (Å²) in [5.41, 5.74) is 3.01. The van der Waals surface area contributed by atoms with E-state index in [0.717, 1.165) is 5.56 Å². The molecule has 2 aromatic carbocycles. The second kappa shape index (κ2) is 10.7. The minimum atomic E-state index is -0.752. The molecule has 1 aliphatic rings. The topological polar surface area (TPSA) is 117 Å². The molecule has 204 valence electrons. The predicted octanol–water partition coefficient (Wildman–Crippen LogP) is 5.24. The first kappa shape index (κ1) is 27.3. The summed E-state index contributed by atoms with van der Waals surface area (Å²) in [6.45, 7) is 7.12. The molecule has 1 aliphatic heterocycles. The van der Waals surface area contributed by atoms with Gasteiger partial charge >= 0.3 is 5.97 Å². The molecule has 0 amide bonds. The number of allylic oxidation sites excluding steroid dienone is 1. The van der Waals surface area contributed by atoms with Crippen LogP contribution in [0.1, 0.15) is 42.3 Å². The number of carbonyl (C=O) groups excluding carboxylic acids is 1. The first-order valence-corrected chi connectivity index (χ1v) is 13.6. The summed E-state index contributed by atoms with van der Waals surface area (Å²) in [5.74, 6) is 0.284. The van der Waals surface area contributed by atoms with E-state index >= 15 is 0 Å². The van der Waals surface area contributed by atoms with Gasteiger partial charge in [-0.2, -0.15) is 0 Å². The molecule has 1 atom stereocenters. The SMILES string of the molecule is CCOC(=O)C1=C(C)N=c2s/c(=C/c3ccc(-c4cc(C)c(C)c([N+](=O)[O-])c4)o3)c(=O)n2C1c1ccc(Cl)cc1. The van der Waals surface area contributed by atoms with Gasteiger partial charge in [-0.05, 0) is 69.2 Å². The van der Waals surface area contributed by atoms with Gasteiger partial charge in [0.25, 0.3) is 11.2 Å². The van der Waals surface area contributed by atoms with Gasteiger partial charge in [0.1, 0.15) is 11.5 Å². The van der Waals surface area contributed by atoms with Crippen molar-refractivity contribution in [3.63, 3.8) is 0 Å². The molecule has 0 saturated heterocycles. The number of nitro benzene ring substituents is 1. The smallest absolute Gasteiger partial charge is 0.338 e. The monoisotopic (exact) mass is 577 g/mol. The lowest BCUT2D eigenvalue weighted by Crippen LogP contribution is -2.39. The number of hydrogen-bond donors (Lipinski definition) is 0. The number of esters is 1. The van der Waals surface area contributed by atoms with Crippen LogP contribution in [0.4, 0.5) is 5.69 Å². The van der Waals surface area contributed by atoms with Gasteiger partial charge in [0.15, 0.2) is 4.80 Å². The van der Waals surface area contributed by atoms with Crippen molar-refractivity contribution in [1.82, 2.24) is 4.57 Å². The molecule has 2 aromatic heterocycles. The lowest BCUT2D eigenvalue weighted by atomic mass is 9.96. The minimum Gasteiger partial charge on any atom is -0.463 e. The second-order valence-corrected chi connectivity index (χ2v) is 10.7. The zero-order chi connectivity index (χ0) is 28.7. The molecule has 3 heterocycles. The van der Waals surface area contributed by atoms with Crippen molar-refractivity contribution in [3.8, 4) is 11.3 Å². The van der Waals surface area contributed by atoms with E-state index in [1.807, 2.05) is 6.07 Å². The van der Waals surface area contributed by atoms with Crippen LogP contribution in [0.15, 0.2) is 74.0 Å². The van der Waals surface area contributed by atoms with Crippen LogP contribution >= 0.6 is 22.9 Å². The summed E-state index contributed by atoms with van der Waals surface area (Å²) in [5, 5.41) is 12.0. The Morgan fingerprint density at radius 2 is 1.93 bits per heavy atom. The van der Waals surface area contributed by atoms with Gasteiger partial charge in [0.2, 0.25) is 0 Å². The van der Waals surface area contributed by atoms with E-state index in [-0.39, 0.29) is 23.4 Å². The molecule has 0 saturated carbocycles. The molecule has 0 aliphatic carbocycles. The molecule has 1 unspecified atom stereocenters. The molecule has 40 heavy (non-hydrogen) atoms. The quantitative estimate of drug-likeness (QED) is 0.176. The fourth-order valence-electron chi connectivity index (χ4n) is 4.64. The fourth-order valence-corrected chi connectivity index (χ4v) is 5.79. The van der Waals surface area contributed by atoms with Crippen molar-refractivity contribution in [2.45, 2.75) is 33.7 Å². The summed E-state index contributed by atoms with van der Waals surface area (Å²) in [7, 11) is 0. The Labute approximate surface area is 237 Å². The Morgan fingerprint density at radius 1 is 1.20 bits per heavy atom. The molecule has 4 aromatic rings. The lowest BCUT2D eigenvalue weighted by Gasteiger charge is -2.24. The van der Waals surface area contributed by atoms with Gasteiger partial charge < -0.3 is 9.15 Å². The highest BCUT2D eigenvalue weighted by Crippen LogP contribution is 2.32. The number of ether oxygens (including phenoxy) is 1. The fraction of sp³-hybridized carbons (Fsp3) is 0.207. The third kappa shape index (κ3) is 4.91. The van der Waals surface area contributed by atoms with E-state index in [0.29, 0.717) is 48.3 Å². The minimum absolute atomic E-state index is 0.0104. The number of furan rings is 1. The number of nitrogens with zero attached hydrogens (tertiary/aromatic N) is 3. The Hall–Kier alpha value is -4.28. The Morgan fingerprint density at radius 3 is 2.60 bits per heavy atom. The Bertz CT molecular complexity index is 1880. The molecule has 0 N–H and O–H groups in total. The van der Waals surface area contributed by atoms with E-state index in [4.69, 9.17) is 20.8 Å². The van der Waals surface area contributed by atoms with E-state index in [2.05, 4.69) is 4.99 Å². The number of halogens is 1. The van der Waals surface area contributed by atoms with Crippen LogP contribution in [0.2, 0.25) is 5.02 Å². The Balaban J connectivity index is 1.62. The number of hydrogen-bond acceptors (Lipinski definition) is 8. The predicted molar refractivity (Wildman–Crippen MR) is 152 cm³/mol. The first-order chi connectivity index (χ1) is 19.1. The van der Waals surface area contributed by atoms with Crippen LogP contribution in [0.5, 0.6) is 0 Å². The Kier molecular flexibility index (Phi) is 7.31. The number of thiazole rings is 1. The summed E-state index contributed by atoms with van der Waals surface area (Å²) in [4.78, 5) is 42.8. The number of aryl methyl sites for hydroxylation is 1. The van der Waals surface area contributed by atoms with Gasteiger partial charge in [-0.3, -0.25) is 19.5 Å². The highest BCUT2D eigenvalue weighted by molar-refractivity contribution is 7.07. The maximum atomic E-state index is 13.7. The average molecular weight is 578 g/mol. The zero-order valence-electron chi connectivity index (χ0n) is 22.1. The summed E-state index contributed by atoms with van der Waals surface area (Å²) in [6, 6.07) is 12.9. The van der Waals surface area contributed by atoms with Crippen molar-refractivity contribution in [1.29, 1.82) is 0 Å². The zero-order valence-corrected chi connectivity index (χ0v) is 23.6. The molecule has 0 fully saturated rings. The standard InChI is InChI=1S/C29H24ClN3O6S/c1-5-38-28(35)25-17(4)31-29-32(26(25)18-6-8-20(30)9-7-18)27(34)24(40-29)14-21-10-11-23(39-21)19-12-15(2)16(3)22(13-19)33(36)37/h6-14,26H,5H2,1-4H3/b24-14+. The van der Waals surface area contributed by atoms with E-state index < -0.39 is 16.9 Å². The van der Waals surface area contributed by atoms with Crippen LogP contribution in [-0.2, 0) is 9.53 Å². The lowest BCUT2D eigenvalue weighted by molar-refractivity contribution is -0.385. The van der Waals surface area contributed by atoms with Crippen LogP contribution in [-0.4, -0.2) is 22.1 Å². The van der Waals surface area contributed by atoms with Crippen molar-refractivity contribution >= 4 is 40.7 Å². The van der Waals surface area contributed by atoms with Crippen LogP contribution in [0, 0.1) is 24.0 Å². The molecular weight excluding hydrogens is 554 g/mol. The number of rotatable bonds is 6. The van der Waals surface area contributed by atoms with Crippen LogP contribution in [0.3, 0.4) is 0 Å². The van der Waals surface area contributed by atoms with Gasteiger partial charge in [0, 0.05) is 28.3 Å². The number of benzene rings is 2. The molecule has 5 rings (SSSR count). The number of aromatic nitrogens is 1. The maximum absolute atomic E-state index is 13.7. The van der Waals surface area contributed by atoms with Crippen molar-refractivity contribution in [2.24, 2.45) is 4.99 Å². The normalized spacial score (nSPS) is 15.1. The van der Waals surface area contributed by atoms with Gasteiger partial charge in [-0.15, -0.1) is 0 Å². The highest BCUT2D eigenvalue weighted by Gasteiger charge is 2.33. The highest BCUT2D eigenvalue weighted by atomic mass is 35.5. The summed E-state index contributed by atoms with van der Waals surface area (Å²) < 4.78 is 13.1. The van der Waals surface area contributed by atoms with Crippen molar-refractivity contribution < 1.29 is 18.9 Å². The van der Waals surface area contributed by atoms with Gasteiger partial charge in [-0.25, -0.2) is 9.79 Å². The van der Waals surface area contributed by atoms with Gasteiger partial charge in [0.05, 0.1) is 33.4 Å². The van der Waals surface area contributed by atoms with Crippen LogP contribution in [0.25, 0.3) is 17.4 Å². The third-order valence-corrected chi connectivity index (χ3v) is 7.96. The second-order valence-electron chi connectivity index (χ2n) is 9.25. The maximum Gasteiger partial charge on any atom is 0.338 e. The molecule has 9 nitrogen and oxygen atoms in total. The first-order valence-electron chi connectivity index (χ1n) is 12.4. The average Bonchev–Trinajstić information content (AvgIpc) is 3.49. The number of nitro groups is 1. The summed E-state index contributed by atoms with van der Waals surface area (Å²) in [6.07, 6.45) is 1.60. The van der Waals surface area contributed by atoms with E-state index in [1.54, 1.807) is 70.2 Å².